The number of nitrogens with zero attached hydrogens (tertiary/aromatic N) is 1. The molecule has 0 radical (unpaired) electrons. The smallest absolute Gasteiger partial charge is 0.408 e. The van der Waals surface area contributed by atoms with Crippen LogP contribution in [0.5, 0.6) is 0 Å². The van der Waals surface area contributed by atoms with Crippen LogP contribution < -0.4 is 15.4 Å². The topological polar surface area (TPSA) is 117 Å². The van der Waals surface area contributed by atoms with Crippen LogP contribution >= 0.6 is 11.9 Å². The molecule has 9 nitrogen and oxygen atoms in total. The number of carbonyl (C=O) groups is 4. The number of alkyl carbamates (subject to hydrolysis) is 1. The Morgan fingerprint density at radius 2 is 1.85 bits per heavy atom. The molecule has 2 aliphatic heterocycles. The van der Waals surface area contributed by atoms with Crippen molar-refractivity contribution in [3.05, 3.63) is 42.5 Å². The van der Waals surface area contributed by atoms with E-state index in [1.807, 2.05) is 36.4 Å². The highest BCUT2D eigenvalue weighted by atomic mass is 32.2. The summed E-state index contributed by atoms with van der Waals surface area (Å²) < 4.78 is 8.32. The van der Waals surface area contributed by atoms with E-state index in [0.717, 1.165) is 30.6 Å². The van der Waals surface area contributed by atoms with Gasteiger partial charge in [-0.15, -0.1) is 0 Å². The first-order valence-corrected chi connectivity index (χ1v) is 14.7. The van der Waals surface area contributed by atoms with Crippen molar-refractivity contribution in [1.29, 1.82) is 0 Å². The molecule has 212 valence electrons. The minimum absolute atomic E-state index is 0.102. The molecule has 39 heavy (non-hydrogen) atoms. The zero-order chi connectivity index (χ0) is 28.0. The van der Waals surface area contributed by atoms with E-state index in [9.17, 15) is 19.2 Å². The minimum atomic E-state index is -1.04. The molecule has 3 aliphatic rings. The van der Waals surface area contributed by atoms with Crippen LogP contribution in [0.15, 0.2) is 47.4 Å². The zero-order valence-corrected chi connectivity index (χ0v) is 23.9. The Kier molecular flexibility index (Phi) is 9.25. The Balaban J connectivity index is 1.51. The van der Waals surface area contributed by atoms with Crippen LogP contribution in [0, 0.1) is 5.92 Å². The third kappa shape index (κ3) is 7.56. The van der Waals surface area contributed by atoms with Crippen molar-refractivity contribution in [3.63, 3.8) is 0 Å². The van der Waals surface area contributed by atoms with Gasteiger partial charge in [-0.3, -0.25) is 19.1 Å². The van der Waals surface area contributed by atoms with Crippen LogP contribution in [0.2, 0.25) is 0 Å². The molecule has 0 bridgehead atoms. The van der Waals surface area contributed by atoms with Crippen LogP contribution in [-0.4, -0.2) is 58.5 Å². The molecule has 3 N–H and O–H groups in total. The van der Waals surface area contributed by atoms with E-state index in [4.69, 9.17) is 4.74 Å². The lowest BCUT2D eigenvalue weighted by molar-refractivity contribution is -0.141. The van der Waals surface area contributed by atoms with E-state index < -0.39 is 29.3 Å². The second-order valence-electron chi connectivity index (χ2n) is 11.6. The van der Waals surface area contributed by atoms with Crippen molar-refractivity contribution < 1.29 is 23.9 Å². The fraction of sp³-hybridized carbons (Fsp3) is 0.586. The Labute approximate surface area is 235 Å². The summed E-state index contributed by atoms with van der Waals surface area (Å²) in [6, 6.07) is 8.06. The van der Waals surface area contributed by atoms with Crippen molar-refractivity contribution in [3.8, 4) is 0 Å². The summed E-state index contributed by atoms with van der Waals surface area (Å²) in [7, 11) is 0. The Hall–Kier alpha value is -3.01. The van der Waals surface area contributed by atoms with Gasteiger partial charge in [0.2, 0.25) is 11.8 Å². The van der Waals surface area contributed by atoms with Gasteiger partial charge in [-0.05, 0) is 83.4 Å². The van der Waals surface area contributed by atoms with Gasteiger partial charge in [0, 0.05) is 17.4 Å². The zero-order valence-electron chi connectivity index (χ0n) is 23.0. The molecule has 1 aliphatic carbocycles. The molecule has 10 heteroatoms. The maximum absolute atomic E-state index is 13.7. The van der Waals surface area contributed by atoms with Gasteiger partial charge in [0.05, 0.1) is 0 Å². The first kappa shape index (κ1) is 29.0. The van der Waals surface area contributed by atoms with Gasteiger partial charge in [-0.1, -0.05) is 43.2 Å². The highest BCUT2D eigenvalue weighted by Crippen LogP contribution is 2.46. The van der Waals surface area contributed by atoms with Crippen molar-refractivity contribution in [2.24, 2.45) is 5.92 Å². The molecule has 0 aromatic heterocycles. The number of benzene rings is 1. The SMILES string of the molecule is CC(C)(C)OC(=O)N[C@H]1CCCCC/C=C\[C@@H]2C[C@@]2(C(=O)NSc2ccccc2)NC(=O)[C@@H]2CCCN2C1=O. The van der Waals surface area contributed by atoms with Gasteiger partial charge in [0.25, 0.3) is 5.91 Å². The second-order valence-corrected chi connectivity index (χ2v) is 12.5. The van der Waals surface area contributed by atoms with Crippen LogP contribution in [0.1, 0.15) is 72.1 Å². The van der Waals surface area contributed by atoms with Crippen molar-refractivity contribution in [1.82, 2.24) is 20.3 Å². The molecule has 1 aromatic carbocycles. The number of rotatable bonds is 4. The maximum Gasteiger partial charge on any atom is 0.408 e. The molecule has 1 saturated carbocycles. The summed E-state index contributed by atoms with van der Waals surface area (Å²) >= 11 is 1.22. The summed E-state index contributed by atoms with van der Waals surface area (Å²) in [5.74, 6) is -0.960. The van der Waals surface area contributed by atoms with Gasteiger partial charge in [-0.25, -0.2) is 4.79 Å². The summed E-state index contributed by atoms with van der Waals surface area (Å²) in [6.07, 6.45) is 9.07. The van der Waals surface area contributed by atoms with Gasteiger partial charge in [0.15, 0.2) is 0 Å². The molecule has 4 rings (SSSR count). The quantitative estimate of drug-likeness (QED) is 0.380. The molecule has 4 atom stereocenters. The third-order valence-corrected chi connectivity index (χ3v) is 8.13. The third-order valence-electron chi connectivity index (χ3n) is 7.33. The van der Waals surface area contributed by atoms with Gasteiger partial charge in [-0.2, -0.15) is 0 Å². The lowest BCUT2D eigenvalue weighted by atomic mass is 10.0. The van der Waals surface area contributed by atoms with E-state index in [-0.39, 0.29) is 23.6 Å². The average Bonchev–Trinajstić information content (AvgIpc) is 3.34. The first-order chi connectivity index (χ1) is 18.6. The van der Waals surface area contributed by atoms with Crippen LogP contribution in [-0.2, 0) is 19.1 Å². The standard InChI is InChI=1S/C29H40N4O5S/c1-28(2,3)38-27(37)30-22-16-11-6-4-5-8-13-20-19-29(20,26(36)32-39-21-14-9-7-10-15-21)31-24(34)23-17-12-18-33(23)25(22)35/h7-10,13-15,20,22-23H,4-6,11-12,16-19H2,1-3H3,(H,30,37)(H,31,34)(H,32,36)/b13-8-/t20-,22+,23+,29-/m1/s1. The number of carbonyl (C=O) groups excluding carboxylic acids is 4. The van der Waals surface area contributed by atoms with E-state index in [2.05, 4.69) is 21.4 Å². The fourth-order valence-corrected chi connectivity index (χ4v) is 5.91. The van der Waals surface area contributed by atoms with E-state index >= 15 is 0 Å². The van der Waals surface area contributed by atoms with Crippen molar-refractivity contribution in [2.75, 3.05) is 6.54 Å². The Bertz CT molecular complexity index is 1090. The number of allylic oxidation sites excluding steroid dienone is 1. The number of hydrogen-bond donors (Lipinski definition) is 3. The second kappa shape index (κ2) is 12.4. The maximum atomic E-state index is 13.7. The van der Waals surface area contributed by atoms with Crippen LogP contribution in [0.25, 0.3) is 0 Å². The Morgan fingerprint density at radius 1 is 1.08 bits per heavy atom. The number of ether oxygens (including phenoxy) is 1. The number of nitrogens with one attached hydrogen (secondary N) is 3. The molecule has 2 fully saturated rings. The lowest BCUT2D eigenvalue weighted by Crippen LogP contribution is -2.57. The molecular weight excluding hydrogens is 516 g/mol. The van der Waals surface area contributed by atoms with Gasteiger partial charge >= 0.3 is 6.09 Å². The van der Waals surface area contributed by atoms with Crippen LogP contribution in [0.4, 0.5) is 4.79 Å². The minimum Gasteiger partial charge on any atom is -0.444 e. The van der Waals surface area contributed by atoms with Gasteiger partial charge < -0.3 is 20.3 Å². The molecule has 4 amide bonds. The molecule has 0 unspecified atom stereocenters. The predicted molar refractivity (Wildman–Crippen MR) is 150 cm³/mol. The molecular formula is C29H40N4O5S. The van der Waals surface area contributed by atoms with Crippen molar-refractivity contribution >= 4 is 35.8 Å². The number of hydrogen-bond acceptors (Lipinski definition) is 6. The van der Waals surface area contributed by atoms with Crippen molar-refractivity contribution in [2.45, 2.75) is 100 Å². The van der Waals surface area contributed by atoms with E-state index in [1.165, 1.54) is 11.9 Å². The lowest BCUT2D eigenvalue weighted by Gasteiger charge is -2.30. The molecule has 0 spiro atoms. The summed E-state index contributed by atoms with van der Waals surface area (Å²) in [4.78, 5) is 55.6. The highest BCUT2D eigenvalue weighted by Gasteiger charge is 2.60. The van der Waals surface area contributed by atoms with E-state index in [1.54, 1.807) is 25.7 Å². The van der Waals surface area contributed by atoms with E-state index in [0.29, 0.717) is 32.2 Å². The normalized spacial score (nSPS) is 28.6. The Morgan fingerprint density at radius 3 is 2.59 bits per heavy atom. The molecule has 2 heterocycles. The van der Waals surface area contributed by atoms with Gasteiger partial charge in [0.1, 0.15) is 23.2 Å². The number of amides is 4. The van der Waals surface area contributed by atoms with Crippen LogP contribution in [0.3, 0.4) is 0 Å². The summed E-state index contributed by atoms with van der Waals surface area (Å²) in [6.45, 7) is 5.74. The monoisotopic (exact) mass is 556 g/mol. The largest absolute Gasteiger partial charge is 0.444 e. The average molecular weight is 557 g/mol. The predicted octanol–water partition coefficient (Wildman–Crippen LogP) is 4.09. The molecule has 1 aromatic rings. The summed E-state index contributed by atoms with van der Waals surface area (Å²) in [5, 5.41) is 5.79. The highest BCUT2D eigenvalue weighted by molar-refractivity contribution is 7.98. The fourth-order valence-electron chi connectivity index (χ4n) is 5.23. The summed E-state index contributed by atoms with van der Waals surface area (Å²) in [5.41, 5.74) is -1.73. The molecule has 1 saturated heterocycles. The first-order valence-electron chi connectivity index (χ1n) is 13.9. The number of fused-ring (bicyclic) bond motifs is 2.